The van der Waals surface area contributed by atoms with Crippen molar-refractivity contribution in [3.8, 4) is 0 Å². The van der Waals surface area contributed by atoms with Gasteiger partial charge in [0.15, 0.2) is 0 Å². The highest BCUT2D eigenvalue weighted by Crippen LogP contribution is 2.35. The van der Waals surface area contributed by atoms with Gasteiger partial charge >= 0.3 is 0 Å². The Hall–Kier alpha value is -0.0800. The summed E-state index contributed by atoms with van der Waals surface area (Å²) < 4.78 is 6.00. The van der Waals surface area contributed by atoms with Crippen molar-refractivity contribution in [2.75, 3.05) is 26.2 Å². The van der Waals surface area contributed by atoms with Gasteiger partial charge in [-0.25, -0.2) is 0 Å². The van der Waals surface area contributed by atoms with Crippen LogP contribution in [0.2, 0.25) is 0 Å². The SMILES string of the molecule is CC(C)CN1CCOC2(CCCC2)C1. The molecule has 14 heavy (non-hydrogen) atoms. The molecule has 1 aliphatic carbocycles. The number of nitrogens with zero attached hydrogens (tertiary/aromatic N) is 1. The number of rotatable bonds is 2. The molecule has 2 heteroatoms. The summed E-state index contributed by atoms with van der Waals surface area (Å²) in [5, 5.41) is 0. The molecule has 0 amide bonds. The first kappa shape index (κ1) is 10.4. The lowest BCUT2D eigenvalue weighted by molar-refractivity contribution is -0.106. The Labute approximate surface area is 87.6 Å². The fraction of sp³-hybridized carbons (Fsp3) is 1.00. The number of hydrogen-bond acceptors (Lipinski definition) is 2. The first-order valence-electron chi connectivity index (χ1n) is 6.07. The quantitative estimate of drug-likeness (QED) is 0.673. The minimum absolute atomic E-state index is 0.257. The maximum atomic E-state index is 6.00. The minimum Gasteiger partial charge on any atom is -0.372 e. The van der Waals surface area contributed by atoms with Crippen molar-refractivity contribution in [2.45, 2.75) is 45.1 Å². The van der Waals surface area contributed by atoms with E-state index in [-0.39, 0.29) is 5.60 Å². The van der Waals surface area contributed by atoms with Crippen molar-refractivity contribution in [1.29, 1.82) is 0 Å². The second kappa shape index (κ2) is 4.19. The van der Waals surface area contributed by atoms with Gasteiger partial charge in [0, 0.05) is 19.6 Å². The Bertz CT molecular complexity index is 185. The summed E-state index contributed by atoms with van der Waals surface area (Å²) in [5.74, 6) is 0.784. The molecule has 1 aliphatic heterocycles. The van der Waals surface area contributed by atoms with Gasteiger partial charge in [-0.05, 0) is 18.8 Å². The smallest absolute Gasteiger partial charge is 0.0809 e. The molecule has 2 aliphatic rings. The van der Waals surface area contributed by atoms with E-state index in [0.29, 0.717) is 0 Å². The van der Waals surface area contributed by atoms with E-state index in [0.717, 1.165) is 19.1 Å². The van der Waals surface area contributed by atoms with Gasteiger partial charge in [0.2, 0.25) is 0 Å². The molecular formula is C12H23NO. The van der Waals surface area contributed by atoms with Crippen molar-refractivity contribution >= 4 is 0 Å². The molecule has 0 atom stereocenters. The lowest BCUT2D eigenvalue weighted by atomic mass is 9.99. The summed E-state index contributed by atoms with van der Waals surface area (Å²) in [5.41, 5.74) is 0.257. The predicted octanol–water partition coefficient (Wildman–Crippen LogP) is 2.29. The van der Waals surface area contributed by atoms with Crippen LogP contribution < -0.4 is 0 Å². The van der Waals surface area contributed by atoms with Gasteiger partial charge in [-0.3, -0.25) is 4.90 Å². The summed E-state index contributed by atoms with van der Waals surface area (Å²) in [7, 11) is 0. The van der Waals surface area contributed by atoms with Crippen LogP contribution >= 0.6 is 0 Å². The van der Waals surface area contributed by atoms with Gasteiger partial charge in [0.25, 0.3) is 0 Å². The van der Waals surface area contributed by atoms with Crippen LogP contribution in [0.25, 0.3) is 0 Å². The first-order chi connectivity index (χ1) is 6.70. The molecule has 0 unspecified atom stereocenters. The van der Waals surface area contributed by atoms with Crippen molar-refractivity contribution in [2.24, 2.45) is 5.92 Å². The van der Waals surface area contributed by atoms with Crippen LogP contribution in [0, 0.1) is 5.92 Å². The van der Waals surface area contributed by atoms with E-state index < -0.39 is 0 Å². The zero-order valence-electron chi connectivity index (χ0n) is 9.59. The van der Waals surface area contributed by atoms with Gasteiger partial charge in [0.05, 0.1) is 12.2 Å². The van der Waals surface area contributed by atoms with Crippen LogP contribution in [0.3, 0.4) is 0 Å². The van der Waals surface area contributed by atoms with E-state index in [1.807, 2.05) is 0 Å². The van der Waals surface area contributed by atoms with Crippen LogP contribution in [-0.2, 0) is 4.74 Å². The maximum Gasteiger partial charge on any atom is 0.0809 e. The third kappa shape index (κ3) is 2.29. The zero-order valence-corrected chi connectivity index (χ0v) is 9.59. The summed E-state index contributed by atoms with van der Waals surface area (Å²) in [4.78, 5) is 2.60. The summed E-state index contributed by atoms with van der Waals surface area (Å²) in [6.07, 6.45) is 5.33. The molecule has 0 aromatic rings. The Morgan fingerprint density at radius 2 is 2.00 bits per heavy atom. The second-order valence-corrected chi connectivity index (χ2v) is 5.37. The lowest BCUT2D eigenvalue weighted by Crippen LogP contribution is -2.51. The molecular weight excluding hydrogens is 174 g/mol. The normalized spacial score (nSPS) is 27.6. The monoisotopic (exact) mass is 197 g/mol. The van der Waals surface area contributed by atoms with E-state index in [4.69, 9.17) is 4.74 Å². The predicted molar refractivity (Wildman–Crippen MR) is 58.4 cm³/mol. The number of morpholine rings is 1. The van der Waals surface area contributed by atoms with Gasteiger partial charge in [0.1, 0.15) is 0 Å². The van der Waals surface area contributed by atoms with E-state index in [1.165, 1.54) is 38.8 Å². The largest absolute Gasteiger partial charge is 0.372 e. The van der Waals surface area contributed by atoms with Crippen molar-refractivity contribution in [3.05, 3.63) is 0 Å². The fourth-order valence-corrected chi connectivity index (χ4v) is 2.92. The summed E-state index contributed by atoms with van der Waals surface area (Å²) in [6.45, 7) is 9.12. The molecule has 0 N–H and O–H groups in total. The van der Waals surface area contributed by atoms with Crippen LogP contribution in [0.5, 0.6) is 0 Å². The number of hydrogen-bond donors (Lipinski definition) is 0. The average molecular weight is 197 g/mol. The van der Waals surface area contributed by atoms with Crippen molar-refractivity contribution < 1.29 is 4.74 Å². The zero-order chi connectivity index (χ0) is 10.0. The van der Waals surface area contributed by atoms with Crippen molar-refractivity contribution in [3.63, 3.8) is 0 Å². The van der Waals surface area contributed by atoms with E-state index in [1.54, 1.807) is 0 Å². The standard InChI is InChI=1S/C12H23NO/c1-11(2)9-13-7-8-14-12(10-13)5-3-4-6-12/h11H,3-10H2,1-2H3. The van der Waals surface area contributed by atoms with E-state index >= 15 is 0 Å². The van der Waals surface area contributed by atoms with Gasteiger partial charge in [-0.1, -0.05) is 26.7 Å². The van der Waals surface area contributed by atoms with Crippen LogP contribution in [0.4, 0.5) is 0 Å². The van der Waals surface area contributed by atoms with Gasteiger partial charge in [-0.2, -0.15) is 0 Å². The molecule has 1 heterocycles. The highest BCUT2D eigenvalue weighted by molar-refractivity contribution is 4.92. The summed E-state index contributed by atoms with van der Waals surface area (Å²) in [6, 6.07) is 0. The molecule has 2 fully saturated rings. The van der Waals surface area contributed by atoms with Crippen molar-refractivity contribution in [1.82, 2.24) is 4.90 Å². The molecule has 2 rings (SSSR count). The Balaban J connectivity index is 1.90. The highest BCUT2D eigenvalue weighted by Gasteiger charge is 2.38. The molecule has 0 radical (unpaired) electrons. The molecule has 1 saturated heterocycles. The Morgan fingerprint density at radius 3 is 2.64 bits per heavy atom. The Kier molecular flexibility index (Phi) is 3.13. The van der Waals surface area contributed by atoms with E-state index in [9.17, 15) is 0 Å². The second-order valence-electron chi connectivity index (χ2n) is 5.37. The highest BCUT2D eigenvalue weighted by atomic mass is 16.5. The van der Waals surface area contributed by atoms with Crippen LogP contribution in [0.1, 0.15) is 39.5 Å². The molecule has 1 spiro atoms. The Morgan fingerprint density at radius 1 is 1.29 bits per heavy atom. The average Bonchev–Trinajstić information content (AvgIpc) is 2.52. The van der Waals surface area contributed by atoms with Gasteiger partial charge < -0.3 is 4.74 Å². The maximum absolute atomic E-state index is 6.00. The molecule has 0 bridgehead atoms. The fourth-order valence-electron chi connectivity index (χ4n) is 2.92. The van der Waals surface area contributed by atoms with E-state index in [2.05, 4.69) is 18.7 Å². The third-order valence-corrected chi connectivity index (χ3v) is 3.47. The van der Waals surface area contributed by atoms with Crippen LogP contribution in [0.15, 0.2) is 0 Å². The third-order valence-electron chi connectivity index (χ3n) is 3.47. The molecule has 0 aromatic carbocycles. The minimum atomic E-state index is 0.257. The topological polar surface area (TPSA) is 12.5 Å². The summed E-state index contributed by atoms with van der Waals surface area (Å²) >= 11 is 0. The number of ether oxygens (including phenoxy) is 1. The molecule has 2 nitrogen and oxygen atoms in total. The molecule has 82 valence electrons. The first-order valence-corrected chi connectivity index (χ1v) is 6.07. The van der Waals surface area contributed by atoms with Crippen LogP contribution in [-0.4, -0.2) is 36.7 Å². The lowest BCUT2D eigenvalue weighted by Gasteiger charge is -2.41. The molecule has 0 aromatic heterocycles. The molecule has 1 saturated carbocycles. The van der Waals surface area contributed by atoms with Gasteiger partial charge in [-0.15, -0.1) is 0 Å².